The highest BCUT2D eigenvalue weighted by atomic mass is 16.5. The highest BCUT2D eigenvalue weighted by molar-refractivity contribution is 5.95. The molecule has 3 aromatic rings. The van der Waals surface area contributed by atoms with Crippen molar-refractivity contribution in [1.82, 2.24) is 5.32 Å². The second-order valence-electron chi connectivity index (χ2n) is 9.18. The Hall–Kier alpha value is -3.60. The molecule has 0 radical (unpaired) electrons. The summed E-state index contributed by atoms with van der Waals surface area (Å²) in [6.07, 6.45) is 5.28. The first kappa shape index (κ1) is 24.5. The maximum Gasteiger partial charge on any atom is 0.230 e. The van der Waals surface area contributed by atoms with E-state index in [1.165, 1.54) is 0 Å². The third kappa shape index (κ3) is 6.95. The van der Waals surface area contributed by atoms with Crippen molar-refractivity contribution >= 4 is 17.5 Å². The highest BCUT2D eigenvalue weighted by Gasteiger charge is 2.28. The van der Waals surface area contributed by atoms with Gasteiger partial charge in [-0.05, 0) is 60.2 Å². The average Bonchev–Trinajstić information content (AvgIpc) is 3.44. The van der Waals surface area contributed by atoms with E-state index in [9.17, 15) is 9.59 Å². The monoisotopic (exact) mass is 470 g/mol. The fourth-order valence-electron chi connectivity index (χ4n) is 4.64. The number of rotatable bonds is 10. The van der Waals surface area contributed by atoms with Crippen LogP contribution in [0.15, 0.2) is 78.9 Å². The minimum Gasteiger partial charge on any atom is -0.497 e. The zero-order valence-electron chi connectivity index (χ0n) is 20.4. The van der Waals surface area contributed by atoms with E-state index in [-0.39, 0.29) is 17.7 Å². The molecule has 1 saturated carbocycles. The molecule has 182 valence electrons. The van der Waals surface area contributed by atoms with Crippen molar-refractivity contribution < 1.29 is 14.3 Å². The number of methoxy groups -OCH3 is 1. The van der Waals surface area contributed by atoms with Crippen LogP contribution >= 0.6 is 0 Å². The van der Waals surface area contributed by atoms with E-state index in [2.05, 4.69) is 17.4 Å². The lowest BCUT2D eigenvalue weighted by atomic mass is 10.0. The molecule has 35 heavy (non-hydrogen) atoms. The van der Waals surface area contributed by atoms with Gasteiger partial charge in [0.2, 0.25) is 11.8 Å². The molecule has 0 spiro atoms. The third-order valence-electron chi connectivity index (χ3n) is 6.66. The highest BCUT2D eigenvalue weighted by Crippen LogP contribution is 2.30. The van der Waals surface area contributed by atoms with E-state index < -0.39 is 0 Å². The predicted molar refractivity (Wildman–Crippen MR) is 139 cm³/mol. The van der Waals surface area contributed by atoms with Crippen molar-refractivity contribution in [3.8, 4) is 5.75 Å². The molecule has 4 rings (SSSR count). The fourth-order valence-corrected chi connectivity index (χ4v) is 4.64. The van der Waals surface area contributed by atoms with E-state index in [4.69, 9.17) is 4.74 Å². The van der Waals surface area contributed by atoms with Crippen molar-refractivity contribution in [3.05, 3.63) is 95.6 Å². The SMILES string of the molecule is COc1ccc(CCNC(=O)Cc2ccc(N(Cc3ccccc3)C(=O)C3CCCC3)cc2)cc1. The number of ether oxygens (including phenoxy) is 1. The number of nitrogens with zero attached hydrogens (tertiary/aromatic N) is 1. The molecule has 1 aliphatic carbocycles. The summed E-state index contributed by atoms with van der Waals surface area (Å²) >= 11 is 0. The van der Waals surface area contributed by atoms with Gasteiger partial charge in [-0.15, -0.1) is 0 Å². The predicted octanol–water partition coefficient (Wildman–Crippen LogP) is 5.32. The molecule has 1 N–H and O–H groups in total. The van der Waals surface area contributed by atoms with Gasteiger partial charge in [0, 0.05) is 18.2 Å². The molecule has 0 aromatic heterocycles. The van der Waals surface area contributed by atoms with Crippen LogP contribution in [0.25, 0.3) is 0 Å². The van der Waals surface area contributed by atoms with Gasteiger partial charge in [0.25, 0.3) is 0 Å². The average molecular weight is 471 g/mol. The molecule has 0 aliphatic heterocycles. The van der Waals surface area contributed by atoms with Gasteiger partial charge in [-0.2, -0.15) is 0 Å². The molecule has 0 saturated heterocycles. The fraction of sp³-hybridized carbons (Fsp3) is 0.333. The van der Waals surface area contributed by atoms with Crippen LogP contribution in [0.1, 0.15) is 42.4 Å². The summed E-state index contributed by atoms with van der Waals surface area (Å²) in [6, 6.07) is 25.8. The van der Waals surface area contributed by atoms with E-state index in [0.29, 0.717) is 19.5 Å². The van der Waals surface area contributed by atoms with Gasteiger partial charge in [0.05, 0.1) is 20.1 Å². The lowest BCUT2D eigenvalue weighted by Gasteiger charge is -2.26. The van der Waals surface area contributed by atoms with Gasteiger partial charge in [0.15, 0.2) is 0 Å². The smallest absolute Gasteiger partial charge is 0.230 e. The van der Waals surface area contributed by atoms with Crippen molar-refractivity contribution in [3.63, 3.8) is 0 Å². The molecule has 5 heteroatoms. The number of hydrogen-bond acceptors (Lipinski definition) is 3. The van der Waals surface area contributed by atoms with Crippen LogP contribution in [0, 0.1) is 5.92 Å². The normalized spacial score (nSPS) is 13.4. The quantitative estimate of drug-likeness (QED) is 0.436. The molecule has 1 aliphatic rings. The number of carbonyl (C=O) groups is 2. The Morgan fingerprint density at radius 3 is 2.17 bits per heavy atom. The van der Waals surface area contributed by atoms with Crippen LogP contribution in [-0.4, -0.2) is 25.5 Å². The minimum atomic E-state index is -0.00515. The number of nitrogens with one attached hydrogen (secondary N) is 1. The van der Waals surface area contributed by atoms with Crippen LogP contribution in [0.3, 0.4) is 0 Å². The molecule has 5 nitrogen and oxygen atoms in total. The van der Waals surface area contributed by atoms with Gasteiger partial charge in [0.1, 0.15) is 5.75 Å². The summed E-state index contributed by atoms with van der Waals surface area (Å²) in [4.78, 5) is 27.7. The third-order valence-corrected chi connectivity index (χ3v) is 6.66. The Balaban J connectivity index is 1.34. The van der Waals surface area contributed by atoms with E-state index >= 15 is 0 Å². The van der Waals surface area contributed by atoms with E-state index in [1.807, 2.05) is 71.6 Å². The Morgan fingerprint density at radius 2 is 1.51 bits per heavy atom. The number of amides is 2. The van der Waals surface area contributed by atoms with Crippen molar-refractivity contribution in [2.75, 3.05) is 18.6 Å². The molecule has 1 fully saturated rings. The standard InChI is InChI=1S/C30H34N2O3/c1-35-28-17-13-23(14-18-28)19-20-31-29(33)21-24-11-15-27(16-12-24)32(22-25-7-3-2-4-8-25)30(34)26-9-5-6-10-26/h2-4,7-8,11-18,26H,5-6,9-10,19-22H2,1H3,(H,31,33). The molecular weight excluding hydrogens is 436 g/mol. The maximum absolute atomic E-state index is 13.3. The van der Waals surface area contributed by atoms with Crippen molar-refractivity contribution in [1.29, 1.82) is 0 Å². The summed E-state index contributed by atoms with van der Waals surface area (Å²) in [5, 5.41) is 3.00. The van der Waals surface area contributed by atoms with Gasteiger partial charge in [-0.3, -0.25) is 9.59 Å². The van der Waals surface area contributed by atoms with Crippen molar-refractivity contribution in [2.24, 2.45) is 5.92 Å². The topological polar surface area (TPSA) is 58.6 Å². The first-order chi connectivity index (χ1) is 17.1. The number of hydrogen-bond donors (Lipinski definition) is 1. The van der Waals surface area contributed by atoms with Crippen molar-refractivity contribution in [2.45, 2.75) is 45.1 Å². The molecule has 0 atom stereocenters. The second-order valence-corrected chi connectivity index (χ2v) is 9.18. The van der Waals surface area contributed by atoms with E-state index in [1.54, 1.807) is 7.11 Å². The van der Waals surface area contributed by atoms with Gasteiger partial charge in [-0.25, -0.2) is 0 Å². The molecule has 0 bridgehead atoms. The van der Waals surface area contributed by atoms with Crippen LogP contribution in [-0.2, 0) is 29.0 Å². The largest absolute Gasteiger partial charge is 0.497 e. The zero-order chi connectivity index (χ0) is 24.5. The lowest BCUT2D eigenvalue weighted by Crippen LogP contribution is -2.35. The molecular formula is C30H34N2O3. The molecule has 2 amide bonds. The Bertz CT molecular complexity index is 1090. The summed E-state index contributed by atoms with van der Waals surface area (Å²) in [7, 11) is 1.65. The summed E-state index contributed by atoms with van der Waals surface area (Å²) in [5.74, 6) is 1.13. The molecule has 0 unspecified atom stereocenters. The van der Waals surface area contributed by atoms with E-state index in [0.717, 1.165) is 60.2 Å². The molecule has 0 heterocycles. The second kappa shape index (κ2) is 12.2. The lowest BCUT2D eigenvalue weighted by molar-refractivity contribution is -0.122. The van der Waals surface area contributed by atoms with Crippen LogP contribution in [0.2, 0.25) is 0 Å². The number of anilines is 1. The van der Waals surface area contributed by atoms with Gasteiger partial charge >= 0.3 is 0 Å². The Kier molecular flexibility index (Phi) is 8.55. The van der Waals surface area contributed by atoms with Crippen LogP contribution in [0.5, 0.6) is 5.75 Å². The first-order valence-electron chi connectivity index (χ1n) is 12.5. The molecule has 3 aromatic carbocycles. The van der Waals surface area contributed by atoms with Crippen LogP contribution < -0.4 is 15.0 Å². The minimum absolute atomic E-state index is 0.00515. The summed E-state index contributed by atoms with van der Waals surface area (Å²) in [5.41, 5.74) is 4.08. The summed E-state index contributed by atoms with van der Waals surface area (Å²) < 4.78 is 5.18. The zero-order valence-corrected chi connectivity index (χ0v) is 20.4. The Morgan fingerprint density at radius 1 is 0.857 bits per heavy atom. The summed E-state index contributed by atoms with van der Waals surface area (Å²) in [6.45, 7) is 1.14. The van der Waals surface area contributed by atoms with Gasteiger partial charge < -0.3 is 15.0 Å². The number of benzene rings is 3. The number of carbonyl (C=O) groups excluding carboxylic acids is 2. The van der Waals surface area contributed by atoms with Crippen LogP contribution in [0.4, 0.5) is 5.69 Å². The Labute approximate surface area is 208 Å². The maximum atomic E-state index is 13.3. The van der Waals surface area contributed by atoms with Gasteiger partial charge in [-0.1, -0.05) is 67.4 Å². The first-order valence-corrected chi connectivity index (χ1v) is 12.5.